The second-order valence-corrected chi connectivity index (χ2v) is 5.63. The summed E-state index contributed by atoms with van der Waals surface area (Å²) in [5.41, 5.74) is 2.22. The van der Waals surface area contributed by atoms with Gasteiger partial charge < -0.3 is 14.5 Å². The Morgan fingerprint density at radius 2 is 2.00 bits per heavy atom. The summed E-state index contributed by atoms with van der Waals surface area (Å²) < 4.78 is 11.6. The molecule has 114 valence electrons. The first kappa shape index (κ1) is 15.9. The number of hydrogen-bond acceptors (Lipinski definition) is 3. The number of ether oxygens (including phenoxy) is 1. The zero-order chi connectivity index (χ0) is 15.2. The summed E-state index contributed by atoms with van der Waals surface area (Å²) in [5, 5.41) is 4.02. The molecule has 1 N–H and O–H groups in total. The molecule has 0 saturated heterocycles. The summed E-state index contributed by atoms with van der Waals surface area (Å²) in [6.07, 6.45) is 1.11. The van der Waals surface area contributed by atoms with Crippen molar-refractivity contribution in [3.8, 4) is 5.75 Å². The van der Waals surface area contributed by atoms with Crippen LogP contribution in [0.2, 0.25) is 5.02 Å². The van der Waals surface area contributed by atoms with E-state index in [1.165, 1.54) is 0 Å². The molecule has 0 unspecified atom stereocenters. The molecule has 1 aromatic heterocycles. The molecular formula is C17H22ClNO2. The van der Waals surface area contributed by atoms with Crippen molar-refractivity contribution in [1.29, 1.82) is 0 Å². The molecule has 0 amide bonds. The van der Waals surface area contributed by atoms with Crippen LogP contribution in [0.3, 0.4) is 0 Å². The molecule has 4 heteroatoms. The highest BCUT2D eigenvalue weighted by Crippen LogP contribution is 2.24. The predicted molar refractivity (Wildman–Crippen MR) is 86.0 cm³/mol. The summed E-state index contributed by atoms with van der Waals surface area (Å²) in [6, 6.07) is 7.67. The van der Waals surface area contributed by atoms with Gasteiger partial charge in [-0.05, 0) is 56.1 Å². The number of nitrogens with one attached hydrogen (secondary N) is 1. The van der Waals surface area contributed by atoms with Crippen LogP contribution in [-0.4, -0.2) is 6.54 Å². The largest absolute Gasteiger partial charge is 0.485 e. The Hall–Kier alpha value is -1.45. The summed E-state index contributed by atoms with van der Waals surface area (Å²) in [5.74, 6) is 2.60. The van der Waals surface area contributed by atoms with Crippen LogP contribution >= 0.6 is 11.6 Å². The summed E-state index contributed by atoms with van der Waals surface area (Å²) >= 11 is 5.99. The van der Waals surface area contributed by atoms with E-state index in [9.17, 15) is 0 Å². The van der Waals surface area contributed by atoms with E-state index < -0.39 is 0 Å². The fraction of sp³-hybridized carbons (Fsp3) is 0.412. The average molecular weight is 308 g/mol. The molecule has 0 aliphatic heterocycles. The number of rotatable bonds is 7. The molecule has 0 fully saturated rings. The van der Waals surface area contributed by atoms with Gasteiger partial charge in [0.15, 0.2) is 0 Å². The van der Waals surface area contributed by atoms with Crippen molar-refractivity contribution in [1.82, 2.24) is 5.32 Å². The van der Waals surface area contributed by atoms with Crippen LogP contribution in [-0.2, 0) is 13.2 Å². The van der Waals surface area contributed by atoms with Crippen molar-refractivity contribution in [3.05, 3.63) is 51.9 Å². The van der Waals surface area contributed by atoms with Gasteiger partial charge >= 0.3 is 0 Å². The first-order valence-corrected chi connectivity index (χ1v) is 7.65. The van der Waals surface area contributed by atoms with Crippen molar-refractivity contribution in [2.45, 2.75) is 40.3 Å². The summed E-state index contributed by atoms with van der Waals surface area (Å²) in [6.45, 7) is 8.37. The third-order valence-electron chi connectivity index (χ3n) is 3.30. The number of halogens is 1. The zero-order valence-electron chi connectivity index (χ0n) is 12.8. The Morgan fingerprint density at radius 1 is 1.19 bits per heavy atom. The number of hydrogen-bond donors (Lipinski definition) is 1. The first-order valence-electron chi connectivity index (χ1n) is 7.28. The lowest BCUT2D eigenvalue weighted by Crippen LogP contribution is -2.13. The molecule has 0 spiro atoms. The molecule has 0 aliphatic rings. The van der Waals surface area contributed by atoms with Crippen LogP contribution in [0.5, 0.6) is 5.75 Å². The van der Waals surface area contributed by atoms with Gasteiger partial charge in [-0.3, -0.25) is 0 Å². The molecule has 0 aliphatic carbocycles. The van der Waals surface area contributed by atoms with E-state index >= 15 is 0 Å². The smallest absolute Gasteiger partial charge is 0.146 e. The van der Waals surface area contributed by atoms with E-state index in [0.29, 0.717) is 11.6 Å². The van der Waals surface area contributed by atoms with Gasteiger partial charge in [-0.25, -0.2) is 0 Å². The van der Waals surface area contributed by atoms with Gasteiger partial charge in [0, 0.05) is 5.02 Å². The van der Waals surface area contributed by atoms with Gasteiger partial charge in [0.05, 0.1) is 6.54 Å². The molecule has 0 saturated carbocycles. The Labute approximate surface area is 131 Å². The third-order valence-corrected chi connectivity index (χ3v) is 3.54. The highest BCUT2D eigenvalue weighted by atomic mass is 35.5. The molecule has 2 rings (SSSR count). The summed E-state index contributed by atoms with van der Waals surface area (Å²) in [4.78, 5) is 0. The Morgan fingerprint density at radius 3 is 2.76 bits per heavy atom. The Bertz CT molecular complexity index is 592. The fourth-order valence-corrected chi connectivity index (χ4v) is 2.26. The van der Waals surface area contributed by atoms with Crippen molar-refractivity contribution >= 4 is 11.6 Å². The molecule has 0 bridgehead atoms. The van der Waals surface area contributed by atoms with Crippen LogP contribution in [0.15, 0.2) is 28.7 Å². The van der Waals surface area contributed by atoms with Crippen molar-refractivity contribution in [2.75, 3.05) is 6.54 Å². The topological polar surface area (TPSA) is 34.4 Å². The van der Waals surface area contributed by atoms with Crippen LogP contribution in [0.4, 0.5) is 0 Å². The molecule has 0 radical (unpaired) electrons. The van der Waals surface area contributed by atoms with Crippen LogP contribution < -0.4 is 10.1 Å². The fourth-order valence-electron chi connectivity index (χ4n) is 2.09. The molecule has 1 aromatic carbocycles. The number of aryl methyl sites for hydroxylation is 2. The second kappa shape index (κ2) is 7.53. The molecule has 1 heterocycles. The van der Waals surface area contributed by atoms with E-state index in [2.05, 4.69) is 19.2 Å². The SMILES string of the molecule is CCCNCc1oc(COc2cc(Cl)ccc2C)cc1C. The maximum atomic E-state index is 5.99. The Balaban J connectivity index is 1.97. The average Bonchev–Trinajstić information content (AvgIpc) is 2.81. The minimum absolute atomic E-state index is 0.413. The Kier molecular flexibility index (Phi) is 5.71. The molecular weight excluding hydrogens is 286 g/mol. The van der Waals surface area contributed by atoms with Crippen LogP contribution in [0, 0.1) is 13.8 Å². The maximum absolute atomic E-state index is 5.99. The minimum Gasteiger partial charge on any atom is -0.485 e. The molecule has 21 heavy (non-hydrogen) atoms. The van der Waals surface area contributed by atoms with E-state index in [1.807, 2.05) is 31.2 Å². The number of benzene rings is 1. The highest BCUT2D eigenvalue weighted by Gasteiger charge is 2.09. The van der Waals surface area contributed by atoms with E-state index in [4.69, 9.17) is 20.8 Å². The van der Waals surface area contributed by atoms with E-state index in [-0.39, 0.29) is 0 Å². The van der Waals surface area contributed by atoms with Crippen molar-refractivity contribution in [2.24, 2.45) is 0 Å². The lowest BCUT2D eigenvalue weighted by molar-refractivity contribution is 0.263. The normalized spacial score (nSPS) is 10.9. The van der Waals surface area contributed by atoms with Gasteiger partial charge in [-0.1, -0.05) is 24.6 Å². The number of furan rings is 1. The zero-order valence-corrected chi connectivity index (χ0v) is 13.6. The standard InChI is InChI=1S/C17H22ClNO2/c1-4-7-19-10-17-13(3)8-15(21-17)11-20-16-9-14(18)6-5-12(16)2/h5-6,8-9,19H,4,7,10-11H2,1-3H3. The molecule has 3 nitrogen and oxygen atoms in total. The van der Waals surface area contributed by atoms with Gasteiger partial charge in [-0.15, -0.1) is 0 Å². The lowest BCUT2D eigenvalue weighted by atomic mass is 10.2. The van der Waals surface area contributed by atoms with Crippen molar-refractivity contribution in [3.63, 3.8) is 0 Å². The molecule has 2 aromatic rings. The molecule has 0 atom stereocenters. The second-order valence-electron chi connectivity index (χ2n) is 5.19. The van der Waals surface area contributed by atoms with Crippen molar-refractivity contribution < 1.29 is 9.15 Å². The lowest BCUT2D eigenvalue weighted by Gasteiger charge is -2.08. The first-order chi connectivity index (χ1) is 10.1. The van der Waals surface area contributed by atoms with Gasteiger partial charge in [0.25, 0.3) is 0 Å². The van der Waals surface area contributed by atoms with Gasteiger partial charge in [0.1, 0.15) is 23.9 Å². The quantitative estimate of drug-likeness (QED) is 0.757. The van der Waals surface area contributed by atoms with Gasteiger partial charge in [0.2, 0.25) is 0 Å². The van der Waals surface area contributed by atoms with Gasteiger partial charge in [-0.2, -0.15) is 0 Å². The highest BCUT2D eigenvalue weighted by molar-refractivity contribution is 6.30. The van der Waals surface area contributed by atoms with Crippen LogP contribution in [0.1, 0.15) is 36.0 Å². The predicted octanol–water partition coefficient (Wildman–Crippen LogP) is 4.63. The van der Waals surface area contributed by atoms with Crippen LogP contribution in [0.25, 0.3) is 0 Å². The third kappa shape index (κ3) is 4.51. The van der Waals surface area contributed by atoms with E-state index in [1.54, 1.807) is 0 Å². The maximum Gasteiger partial charge on any atom is 0.146 e. The minimum atomic E-state index is 0.413. The monoisotopic (exact) mass is 307 g/mol. The summed E-state index contributed by atoms with van der Waals surface area (Å²) in [7, 11) is 0. The van der Waals surface area contributed by atoms with E-state index in [0.717, 1.165) is 47.9 Å².